The normalized spacial score (nSPS) is 12.3. The summed E-state index contributed by atoms with van der Waals surface area (Å²) in [7, 11) is 0. The average Bonchev–Trinajstić information content (AvgIpc) is 3.94. The Morgan fingerprint density at radius 3 is 1.21 bits per heavy atom. The molecule has 1 aliphatic carbocycles. The molecule has 13 aromatic carbocycles. The summed E-state index contributed by atoms with van der Waals surface area (Å²) in [6.45, 7) is 0. The van der Waals surface area contributed by atoms with Crippen molar-refractivity contribution in [1.29, 1.82) is 0 Å². The molecule has 2 heteroatoms. The molecule has 0 saturated heterocycles. The fourth-order valence-corrected chi connectivity index (χ4v) is 12.5. The van der Waals surface area contributed by atoms with E-state index in [4.69, 9.17) is 4.98 Å². The molecular weight excluding hydrogens is 929 g/mol. The predicted octanol–water partition coefficient (Wildman–Crippen LogP) is 20.3. The van der Waals surface area contributed by atoms with E-state index >= 15 is 0 Å². The van der Waals surface area contributed by atoms with Crippen LogP contribution in [0.25, 0.3) is 144 Å². The number of para-hydroxylation sites is 1. The van der Waals surface area contributed by atoms with E-state index < -0.39 is 0 Å². The summed E-state index contributed by atoms with van der Waals surface area (Å²) in [6.07, 6.45) is 6.47. The summed E-state index contributed by atoms with van der Waals surface area (Å²) >= 11 is 0. The van der Waals surface area contributed by atoms with Crippen LogP contribution in [0.2, 0.25) is 0 Å². The molecule has 0 aliphatic heterocycles. The fourth-order valence-electron chi connectivity index (χ4n) is 12.5. The van der Waals surface area contributed by atoms with E-state index in [0.29, 0.717) is 0 Å². The minimum atomic E-state index is 0.949. The molecule has 0 N–H and O–H groups in total. The van der Waals surface area contributed by atoms with Crippen molar-refractivity contribution in [3.8, 4) is 83.8 Å². The van der Waals surface area contributed by atoms with E-state index in [9.17, 15) is 0 Å². The number of benzene rings is 13. The highest BCUT2D eigenvalue weighted by Gasteiger charge is 2.23. The van der Waals surface area contributed by atoms with Gasteiger partial charge in [0, 0.05) is 11.3 Å². The van der Waals surface area contributed by atoms with Crippen molar-refractivity contribution in [3.63, 3.8) is 0 Å². The first kappa shape index (κ1) is 44.6. The van der Waals surface area contributed by atoms with E-state index in [2.05, 4.69) is 284 Å². The number of nitrogens with zero attached hydrogens (tertiary/aromatic N) is 2. The zero-order valence-corrected chi connectivity index (χ0v) is 42.4. The molecule has 2 nitrogen and oxygen atoms in total. The second-order valence-electron chi connectivity index (χ2n) is 20.4. The first-order valence-electron chi connectivity index (χ1n) is 26.8. The molecule has 77 heavy (non-hydrogen) atoms. The van der Waals surface area contributed by atoms with Crippen LogP contribution in [0.3, 0.4) is 0 Å². The van der Waals surface area contributed by atoms with Gasteiger partial charge >= 0.3 is 0 Å². The van der Waals surface area contributed by atoms with Gasteiger partial charge in [-0.3, -0.25) is 4.57 Å². The maximum absolute atomic E-state index is 5.28. The Bertz CT molecular complexity index is 4600. The Hall–Kier alpha value is -9.89. The first-order valence-corrected chi connectivity index (χ1v) is 26.8. The second-order valence-corrected chi connectivity index (χ2v) is 20.4. The molecule has 15 rings (SSSR count). The highest BCUT2D eigenvalue weighted by Crippen LogP contribution is 2.49. The number of hydrogen-bond donors (Lipinski definition) is 0. The Morgan fingerprint density at radius 1 is 0.286 bits per heavy atom. The minimum absolute atomic E-state index is 0.949. The number of hydrogen-bond acceptors (Lipinski definition) is 1. The van der Waals surface area contributed by atoms with Crippen LogP contribution in [0, 0.1) is 0 Å². The lowest BCUT2D eigenvalue weighted by Gasteiger charge is -2.21. The van der Waals surface area contributed by atoms with Gasteiger partial charge in [-0.1, -0.05) is 231 Å². The van der Waals surface area contributed by atoms with E-state index in [1.165, 1.54) is 126 Å². The smallest absolute Gasteiger partial charge is 0.145 e. The molecule has 1 heterocycles. The molecule has 0 spiro atoms. The molecule has 0 amide bonds. The quantitative estimate of drug-likeness (QED) is 0.139. The van der Waals surface area contributed by atoms with Gasteiger partial charge in [0.25, 0.3) is 0 Å². The van der Waals surface area contributed by atoms with Crippen molar-refractivity contribution in [2.45, 2.75) is 12.8 Å². The van der Waals surface area contributed by atoms with Gasteiger partial charge in [0.05, 0.1) is 11.4 Å². The van der Waals surface area contributed by atoms with Crippen LogP contribution in [0.5, 0.6) is 0 Å². The molecule has 360 valence electrons. The van der Waals surface area contributed by atoms with Crippen LogP contribution < -0.4 is 0 Å². The van der Waals surface area contributed by atoms with Gasteiger partial charge in [0.15, 0.2) is 0 Å². The van der Waals surface area contributed by atoms with Gasteiger partial charge in [-0.05, 0) is 182 Å². The van der Waals surface area contributed by atoms with Crippen LogP contribution in [0.15, 0.2) is 273 Å². The van der Waals surface area contributed by atoms with E-state index in [-0.39, 0.29) is 0 Å². The van der Waals surface area contributed by atoms with E-state index in [1.807, 2.05) is 0 Å². The molecule has 0 bridgehead atoms. The third-order valence-electron chi connectivity index (χ3n) is 16.0. The summed E-state index contributed by atoms with van der Waals surface area (Å²) in [6, 6.07) is 98.6. The third kappa shape index (κ3) is 7.60. The summed E-state index contributed by atoms with van der Waals surface area (Å²) in [5.74, 6) is 0.981. The van der Waals surface area contributed by atoms with Crippen LogP contribution in [0.1, 0.15) is 17.8 Å². The Morgan fingerprint density at radius 2 is 0.675 bits per heavy atom. The lowest BCUT2D eigenvalue weighted by Crippen LogP contribution is -2.01. The third-order valence-corrected chi connectivity index (χ3v) is 16.0. The van der Waals surface area contributed by atoms with E-state index in [0.717, 1.165) is 35.6 Å². The van der Waals surface area contributed by atoms with Crippen LogP contribution in [0.4, 0.5) is 0 Å². The Kier molecular flexibility index (Phi) is 10.7. The summed E-state index contributed by atoms with van der Waals surface area (Å²) in [5, 5.41) is 12.2. The van der Waals surface area contributed by atoms with Crippen molar-refractivity contribution >= 4 is 59.9 Å². The Labute approximate surface area is 448 Å². The van der Waals surface area contributed by atoms with Crippen molar-refractivity contribution in [2.24, 2.45) is 0 Å². The van der Waals surface area contributed by atoms with E-state index in [1.54, 1.807) is 0 Å². The highest BCUT2D eigenvalue weighted by atomic mass is 15.1. The van der Waals surface area contributed by atoms with Gasteiger partial charge in [-0.15, -0.1) is 0 Å². The monoisotopic (exact) mass is 978 g/mol. The molecule has 1 aromatic heterocycles. The largest absolute Gasteiger partial charge is 0.293 e. The summed E-state index contributed by atoms with van der Waals surface area (Å²) < 4.78 is 2.33. The lowest BCUT2D eigenvalue weighted by molar-refractivity contribution is 0.936. The minimum Gasteiger partial charge on any atom is -0.293 e. The summed E-state index contributed by atoms with van der Waals surface area (Å²) in [5.41, 5.74) is 19.1. The zero-order chi connectivity index (χ0) is 50.8. The molecule has 0 unspecified atom stereocenters. The topological polar surface area (TPSA) is 17.8 Å². The second kappa shape index (κ2) is 18.5. The molecule has 1 aliphatic rings. The van der Waals surface area contributed by atoms with Gasteiger partial charge in [0.2, 0.25) is 0 Å². The number of rotatable bonds is 8. The number of imidazole rings is 1. The molecule has 0 fully saturated rings. The molecule has 14 aromatic rings. The number of allylic oxidation sites excluding steroid dienone is 1. The van der Waals surface area contributed by atoms with Crippen molar-refractivity contribution in [1.82, 2.24) is 9.55 Å². The molecule has 0 radical (unpaired) electrons. The van der Waals surface area contributed by atoms with Crippen LogP contribution in [-0.4, -0.2) is 9.55 Å². The van der Waals surface area contributed by atoms with Gasteiger partial charge in [-0.2, -0.15) is 0 Å². The SMILES string of the molecule is C1=Cc2c(nc(-c3ccc4cc(-c5c6ccccc6c(-c6ccc7c(-c8cccc(-c9ccccc9)c8)c8ccccc8c(-c8cccc(-c9ccccc9)c8)c7c6)c6ccccc56)ccc4c3)n2-c2ccccc2)CC1. The maximum Gasteiger partial charge on any atom is 0.145 e. The fraction of sp³-hybridized carbons (Fsp3) is 0.0267. The highest BCUT2D eigenvalue weighted by molar-refractivity contribution is 6.25. The summed E-state index contributed by atoms with van der Waals surface area (Å²) in [4.78, 5) is 5.28. The molecule has 0 atom stereocenters. The van der Waals surface area contributed by atoms with Crippen LogP contribution >= 0.6 is 0 Å². The standard InChI is InChI=1S/C75H50N2/c1-4-20-49(21-5-1)51-24-18-26-55(44-51)71-65-34-14-15-35-66(65)74(56-27-19-25-52(45-56)50-22-6-2-7-23-50)68-48-58(42-43-67(68)71)73-63-32-12-10-30-61(63)72(62-31-11-13-33-64(62)73)57-40-38-54-47-59(41-39-53(54)46-57)75-76-69-36-16-17-37-70(69)77(75)60-28-8-3-9-29-60/h1-15,17-35,37-48H,16,36H2. The number of fused-ring (bicyclic) bond motifs is 6. The van der Waals surface area contributed by atoms with Gasteiger partial charge < -0.3 is 0 Å². The maximum atomic E-state index is 5.28. The molecular formula is C75H50N2. The average molecular weight is 979 g/mol. The first-order chi connectivity index (χ1) is 38.2. The molecule has 0 saturated carbocycles. The van der Waals surface area contributed by atoms with Gasteiger partial charge in [-0.25, -0.2) is 4.98 Å². The Balaban J connectivity index is 0.929. The van der Waals surface area contributed by atoms with Gasteiger partial charge in [0.1, 0.15) is 5.82 Å². The lowest BCUT2D eigenvalue weighted by atomic mass is 9.82. The number of aryl methyl sites for hydroxylation is 1. The predicted molar refractivity (Wildman–Crippen MR) is 327 cm³/mol. The van der Waals surface area contributed by atoms with Crippen molar-refractivity contribution < 1.29 is 0 Å². The van der Waals surface area contributed by atoms with Crippen LogP contribution in [-0.2, 0) is 6.42 Å². The van der Waals surface area contributed by atoms with Crippen molar-refractivity contribution in [2.75, 3.05) is 0 Å². The zero-order valence-electron chi connectivity index (χ0n) is 42.4. The number of aromatic nitrogens is 2. The van der Waals surface area contributed by atoms with Crippen molar-refractivity contribution in [3.05, 3.63) is 284 Å².